The highest BCUT2D eigenvalue weighted by Crippen LogP contribution is 2.35. The fraction of sp³-hybridized carbons (Fsp3) is 0.174. The molecule has 0 aliphatic carbocycles. The topological polar surface area (TPSA) is 88.4 Å². The molecule has 1 aliphatic rings. The summed E-state index contributed by atoms with van der Waals surface area (Å²) in [4.78, 5) is 30.2. The summed E-state index contributed by atoms with van der Waals surface area (Å²) < 4.78 is 11.1. The van der Waals surface area contributed by atoms with Crippen LogP contribution in [0.4, 0.5) is 5.69 Å². The number of carbonyl (C=O) groups is 2. The zero-order chi connectivity index (χ0) is 22.4. The number of ether oxygens (including phenoxy) is 2. The first-order valence-electron chi connectivity index (χ1n) is 9.35. The molecule has 2 aromatic rings. The molecule has 1 N–H and O–H groups in total. The van der Waals surface area contributed by atoms with Gasteiger partial charge in [0.1, 0.15) is 6.61 Å². The first-order valence-corrected chi connectivity index (χ1v) is 10.2. The molecular formula is C23H20N2O5S. The average molecular weight is 436 g/mol. The number of carbonyl (C=O) groups excluding carboxylic acids is 1. The SMILES string of the molecule is C#CCOc1ccc(/C=C2\SC(=Nc3cccc(C(=O)O)c3)N(C)C2=O)cc1OCC. The summed E-state index contributed by atoms with van der Waals surface area (Å²) in [5, 5.41) is 9.60. The smallest absolute Gasteiger partial charge is 0.335 e. The second kappa shape index (κ2) is 9.87. The quantitative estimate of drug-likeness (QED) is 0.521. The number of aliphatic imine (C=N–C) groups is 1. The van der Waals surface area contributed by atoms with Crippen LogP contribution in [0.3, 0.4) is 0 Å². The number of amidine groups is 1. The van der Waals surface area contributed by atoms with Crippen LogP contribution in [0.1, 0.15) is 22.8 Å². The molecule has 158 valence electrons. The lowest BCUT2D eigenvalue weighted by atomic mass is 10.2. The third-order valence-corrected chi connectivity index (χ3v) is 5.26. The number of hydrogen-bond acceptors (Lipinski definition) is 6. The Morgan fingerprint density at radius 1 is 1.26 bits per heavy atom. The summed E-state index contributed by atoms with van der Waals surface area (Å²) in [6.07, 6.45) is 6.99. The zero-order valence-electron chi connectivity index (χ0n) is 17.0. The summed E-state index contributed by atoms with van der Waals surface area (Å²) >= 11 is 1.21. The molecule has 0 spiro atoms. The number of aromatic carboxylic acids is 1. The number of thioether (sulfide) groups is 1. The van der Waals surface area contributed by atoms with E-state index in [4.69, 9.17) is 21.0 Å². The summed E-state index contributed by atoms with van der Waals surface area (Å²) in [5.41, 5.74) is 1.34. The number of benzene rings is 2. The van der Waals surface area contributed by atoms with E-state index in [2.05, 4.69) is 10.9 Å². The number of hydrogen-bond donors (Lipinski definition) is 1. The van der Waals surface area contributed by atoms with Gasteiger partial charge in [0.15, 0.2) is 16.7 Å². The Kier molecular flexibility index (Phi) is 7.00. The summed E-state index contributed by atoms with van der Waals surface area (Å²) in [5.74, 6) is 2.24. The number of carboxylic acids is 1. The van der Waals surface area contributed by atoms with Crippen LogP contribution in [0.25, 0.3) is 6.08 Å². The Labute approximate surface area is 184 Å². The van der Waals surface area contributed by atoms with Gasteiger partial charge in [-0.2, -0.15) is 0 Å². The van der Waals surface area contributed by atoms with E-state index in [9.17, 15) is 9.59 Å². The number of nitrogens with zero attached hydrogens (tertiary/aromatic N) is 2. The molecule has 0 saturated carbocycles. The normalized spacial score (nSPS) is 15.9. The van der Waals surface area contributed by atoms with E-state index in [-0.39, 0.29) is 18.1 Å². The third-order valence-electron chi connectivity index (χ3n) is 4.20. The molecule has 1 fully saturated rings. The Balaban J connectivity index is 1.88. The van der Waals surface area contributed by atoms with Crippen LogP contribution in [-0.2, 0) is 4.79 Å². The van der Waals surface area contributed by atoms with E-state index < -0.39 is 5.97 Å². The van der Waals surface area contributed by atoms with Gasteiger partial charge in [0, 0.05) is 7.05 Å². The van der Waals surface area contributed by atoms with Crippen LogP contribution in [0.2, 0.25) is 0 Å². The molecule has 1 aliphatic heterocycles. The number of amides is 1. The van der Waals surface area contributed by atoms with Gasteiger partial charge in [-0.05, 0) is 60.7 Å². The predicted molar refractivity (Wildman–Crippen MR) is 121 cm³/mol. The summed E-state index contributed by atoms with van der Waals surface area (Å²) in [6, 6.07) is 11.6. The van der Waals surface area contributed by atoms with Gasteiger partial charge < -0.3 is 14.6 Å². The van der Waals surface area contributed by atoms with Crippen LogP contribution in [0, 0.1) is 12.3 Å². The van der Waals surface area contributed by atoms with Crippen LogP contribution >= 0.6 is 11.8 Å². The number of rotatable bonds is 7. The molecule has 0 unspecified atom stereocenters. The maximum atomic E-state index is 12.7. The average Bonchev–Trinajstić information content (AvgIpc) is 3.01. The second-order valence-electron chi connectivity index (χ2n) is 6.36. The monoisotopic (exact) mass is 436 g/mol. The molecule has 0 radical (unpaired) electrons. The van der Waals surface area contributed by atoms with Gasteiger partial charge in [-0.1, -0.05) is 18.1 Å². The van der Waals surface area contributed by atoms with E-state index >= 15 is 0 Å². The number of likely N-dealkylation sites (N-methyl/N-ethyl adjacent to an activating group) is 1. The number of terminal acetylenes is 1. The van der Waals surface area contributed by atoms with Crippen LogP contribution in [-0.4, -0.2) is 47.3 Å². The minimum Gasteiger partial charge on any atom is -0.490 e. The molecule has 3 rings (SSSR count). The Morgan fingerprint density at radius 2 is 2.06 bits per heavy atom. The lowest BCUT2D eigenvalue weighted by Gasteiger charge is -2.11. The van der Waals surface area contributed by atoms with Gasteiger partial charge in [0.25, 0.3) is 5.91 Å². The van der Waals surface area contributed by atoms with Crippen molar-refractivity contribution < 1.29 is 24.2 Å². The lowest BCUT2D eigenvalue weighted by molar-refractivity contribution is -0.121. The van der Waals surface area contributed by atoms with Crippen molar-refractivity contribution in [2.45, 2.75) is 6.92 Å². The lowest BCUT2D eigenvalue weighted by Crippen LogP contribution is -2.23. The van der Waals surface area contributed by atoms with Crippen molar-refractivity contribution in [2.75, 3.05) is 20.3 Å². The van der Waals surface area contributed by atoms with Crippen molar-refractivity contribution in [1.82, 2.24) is 4.90 Å². The Bertz CT molecular complexity index is 1120. The molecular weight excluding hydrogens is 416 g/mol. The minimum absolute atomic E-state index is 0.128. The maximum Gasteiger partial charge on any atom is 0.335 e. The van der Waals surface area contributed by atoms with Gasteiger partial charge in [-0.3, -0.25) is 9.69 Å². The maximum absolute atomic E-state index is 12.7. The largest absolute Gasteiger partial charge is 0.490 e. The Hall–Kier alpha value is -3.70. The highest BCUT2D eigenvalue weighted by Gasteiger charge is 2.30. The van der Waals surface area contributed by atoms with Gasteiger partial charge in [0.2, 0.25) is 0 Å². The van der Waals surface area contributed by atoms with Crippen LogP contribution in [0.15, 0.2) is 52.4 Å². The van der Waals surface area contributed by atoms with Crippen molar-refractivity contribution in [3.63, 3.8) is 0 Å². The summed E-state index contributed by atoms with van der Waals surface area (Å²) in [7, 11) is 1.62. The van der Waals surface area contributed by atoms with E-state index in [0.717, 1.165) is 5.56 Å². The van der Waals surface area contributed by atoms with Crippen molar-refractivity contribution in [1.29, 1.82) is 0 Å². The summed E-state index contributed by atoms with van der Waals surface area (Å²) in [6.45, 7) is 2.45. The second-order valence-corrected chi connectivity index (χ2v) is 7.37. The van der Waals surface area contributed by atoms with Gasteiger partial charge >= 0.3 is 5.97 Å². The molecule has 7 nitrogen and oxygen atoms in total. The van der Waals surface area contributed by atoms with E-state index in [1.54, 1.807) is 43.5 Å². The minimum atomic E-state index is -1.04. The molecule has 1 heterocycles. The van der Waals surface area contributed by atoms with Crippen molar-refractivity contribution >= 4 is 40.6 Å². The number of carboxylic acid groups (broad SMARTS) is 1. The van der Waals surface area contributed by atoms with Crippen molar-refractivity contribution in [3.05, 3.63) is 58.5 Å². The first kappa shape index (κ1) is 22.0. The van der Waals surface area contributed by atoms with E-state index in [0.29, 0.717) is 33.9 Å². The van der Waals surface area contributed by atoms with E-state index in [1.807, 2.05) is 6.92 Å². The molecule has 0 aromatic heterocycles. The molecule has 0 atom stereocenters. The fourth-order valence-corrected chi connectivity index (χ4v) is 3.73. The molecule has 8 heteroatoms. The highest BCUT2D eigenvalue weighted by atomic mass is 32.2. The van der Waals surface area contributed by atoms with Crippen LogP contribution in [0.5, 0.6) is 11.5 Å². The molecule has 0 bridgehead atoms. The zero-order valence-corrected chi connectivity index (χ0v) is 17.8. The Morgan fingerprint density at radius 3 is 2.77 bits per heavy atom. The van der Waals surface area contributed by atoms with Crippen LogP contribution < -0.4 is 9.47 Å². The van der Waals surface area contributed by atoms with Crippen molar-refractivity contribution in [3.8, 4) is 23.8 Å². The predicted octanol–water partition coefficient (Wildman–Crippen LogP) is 4.03. The molecule has 1 amide bonds. The first-order chi connectivity index (χ1) is 14.9. The fourth-order valence-electron chi connectivity index (χ4n) is 2.74. The van der Waals surface area contributed by atoms with Crippen molar-refractivity contribution in [2.24, 2.45) is 4.99 Å². The molecule has 2 aromatic carbocycles. The molecule has 1 saturated heterocycles. The highest BCUT2D eigenvalue weighted by molar-refractivity contribution is 8.18. The van der Waals surface area contributed by atoms with Gasteiger partial charge in [-0.25, -0.2) is 9.79 Å². The van der Waals surface area contributed by atoms with Gasteiger partial charge in [-0.15, -0.1) is 6.42 Å². The molecule has 31 heavy (non-hydrogen) atoms. The van der Waals surface area contributed by atoms with E-state index in [1.165, 1.54) is 28.8 Å². The standard InChI is InChI=1S/C23H20N2O5S/c1-4-11-30-18-10-9-15(12-19(18)29-5-2)13-20-21(26)25(3)23(31-20)24-17-8-6-7-16(14-17)22(27)28/h1,6-10,12-14H,5,11H2,2-3H3,(H,27,28)/b20-13-,24-23?. The third kappa shape index (κ3) is 5.27. The van der Waals surface area contributed by atoms with Gasteiger partial charge in [0.05, 0.1) is 22.8 Å².